The van der Waals surface area contributed by atoms with Crippen molar-refractivity contribution in [2.24, 2.45) is 5.41 Å². The number of hydrogen-bond acceptors (Lipinski definition) is 1. The highest BCUT2D eigenvalue weighted by Crippen LogP contribution is 2.22. The standard InChI is InChI=1S/C11H24ClN/c1-5-6-9-13-10(7-8-12)11(2,3)4/h10,13H,5-9H2,1-4H3. The van der Waals surface area contributed by atoms with Crippen LogP contribution in [0.5, 0.6) is 0 Å². The lowest BCUT2D eigenvalue weighted by Crippen LogP contribution is -2.41. The first-order chi connectivity index (χ1) is 6.02. The summed E-state index contributed by atoms with van der Waals surface area (Å²) >= 11 is 5.78. The maximum atomic E-state index is 5.78. The molecule has 0 amide bonds. The van der Waals surface area contributed by atoms with Gasteiger partial charge in [0.05, 0.1) is 0 Å². The van der Waals surface area contributed by atoms with Crippen LogP contribution in [0.3, 0.4) is 0 Å². The van der Waals surface area contributed by atoms with Crippen LogP contribution in [0.4, 0.5) is 0 Å². The topological polar surface area (TPSA) is 12.0 Å². The zero-order valence-electron chi connectivity index (χ0n) is 9.49. The van der Waals surface area contributed by atoms with Crippen LogP contribution < -0.4 is 5.32 Å². The van der Waals surface area contributed by atoms with E-state index in [0.29, 0.717) is 11.5 Å². The molecule has 1 atom stereocenters. The van der Waals surface area contributed by atoms with E-state index in [-0.39, 0.29) is 0 Å². The number of hydrogen-bond donors (Lipinski definition) is 1. The fourth-order valence-corrected chi connectivity index (χ4v) is 1.62. The van der Waals surface area contributed by atoms with E-state index < -0.39 is 0 Å². The molecule has 0 aliphatic heterocycles. The molecule has 0 aliphatic carbocycles. The van der Waals surface area contributed by atoms with Crippen LogP contribution >= 0.6 is 11.6 Å². The minimum atomic E-state index is 0.322. The summed E-state index contributed by atoms with van der Waals surface area (Å²) in [5.74, 6) is 0.751. The first-order valence-electron chi connectivity index (χ1n) is 5.31. The molecule has 1 unspecified atom stereocenters. The van der Waals surface area contributed by atoms with Crippen molar-refractivity contribution in [3.05, 3.63) is 0 Å². The van der Waals surface area contributed by atoms with Crippen LogP contribution in [0.1, 0.15) is 47.0 Å². The van der Waals surface area contributed by atoms with Gasteiger partial charge in [0.1, 0.15) is 0 Å². The molecule has 0 bridgehead atoms. The Hall–Kier alpha value is 0.250. The first kappa shape index (κ1) is 13.2. The highest BCUT2D eigenvalue weighted by atomic mass is 35.5. The van der Waals surface area contributed by atoms with Gasteiger partial charge in [-0.15, -0.1) is 11.6 Å². The molecule has 0 rings (SSSR count). The maximum Gasteiger partial charge on any atom is 0.0238 e. The molecular weight excluding hydrogens is 182 g/mol. The van der Waals surface area contributed by atoms with Crippen molar-refractivity contribution in [2.45, 2.75) is 53.0 Å². The monoisotopic (exact) mass is 205 g/mol. The second-order valence-electron chi connectivity index (χ2n) is 4.70. The van der Waals surface area contributed by atoms with Crippen molar-refractivity contribution in [2.75, 3.05) is 12.4 Å². The highest BCUT2D eigenvalue weighted by molar-refractivity contribution is 6.17. The second kappa shape index (κ2) is 6.67. The van der Waals surface area contributed by atoms with Crippen LogP contribution in [-0.2, 0) is 0 Å². The van der Waals surface area contributed by atoms with Crippen molar-refractivity contribution in [3.8, 4) is 0 Å². The van der Waals surface area contributed by atoms with Crippen LogP contribution in [0.25, 0.3) is 0 Å². The van der Waals surface area contributed by atoms with Gasteiger partial charge < -0.3 is 5.32 Å². The molecule has 0 radical (unpaired) electrons. The van der Waals surface area contributed by atoms with E-state index in [2.05, 4.69) is 33.0 Å². The molecule has 0 aromatic carbocycles. The fourth-order valence-electron chi connectivity index (χ4n) is 1.40. The van der Waals surface area contributed by atoms with Crippen molar-refractivity contribution >= 4 is 11.6 Å². The van der Waals surface area contributed by atoms with Crippen LogP contribution in [0, 0.1) is 5.41 Å². The van der Waals surface area contributed by atoms with Crippen molar-refractivity contribution < 1.29 is 0 Å². The number of rotatable bonds is 6. The summed E-state index contributed by atoms with van der Waals surface area (Å²) in [5, 5.41) is 3.58. The molecule has 80 valence electrons. The molecule has 13 heavy (non-hydrogen) atoms. The zero-order chi connectivity index (χ0) is 10.3. The van der Waals surface area contributed by atoms with Gasteiger partial charge in [0, 0.05) is 11.9 Å². The SMILES string of the molecule is CCCCNC(CCCl)C(C)(C)C. The van der Waals surface area contributed by atoms with Crippen LogP contribution in [-0.4, -0.2) is 18.5 Å². The van der Waals surface area contributed by atoms with E-state index in [0.717, 1.165) is 18.8 Å². The van der Waals surface area contributed by atoms with E-state index in [4.69, 9.17) is 11.6 Å². The third kappa shape index (κ3) is 6.34. The average Bonchev–Trinajstić information content (AvgIpc) is 2.01. The van der Waals surface area contributed by atoms with Crippen molar-refractivity contribution in [1.29, 1.82) is 0 Å². The van der Waals surface area contributed by atoms with E-state index in [1.54, 1.807) is 0 Å². The Kier molecular flexibility index (Phi) is 6.79. The molecule has 0 aromatic rings. The van der Waals surface area contributed by atoms with E-state index in [9.17, 15) is 0 Å². The summed E-state index contributed by atoms with van der Waals surface area (Å²) in [4.78, 5) is 0. The van der Waals surface area contributed by atoms with E-state index in [1.165, 1.54) is 12.8 Å². The fraction of sp³-hybridized carbons (Fsp3) is 1.00. The van der Waals surface area contributed by atoms with Gasteiger partial charge >= 0.3 is 0 Å². The molecule has 1 N–H and O–H groups in total. The largest absolute Gasteiger partial charge is 0.313 e. The van der Waals surface area contributed by atoms with E-state index >= 15 is 0 Å². The highest BCUT2D eigenvalue weighted by Gasteiger charge is 2.22. The van der Waals surface area contributed by atoms with Gasteiger partial charge in [-0.2, -0.15) is 0 Å². The van der Waals surface area contributed by atoms with Gasteiger partial charge in [-0.3, -0.25) is 0 Å². The Morgan fingerprint density at radius 2 is 1.92 bits per heavy atom. The molecule has 0 saturated carbocycles. The summed E-state index contributed by atoms with van der Waals surface area (Å²) in [6.45, 7) is 10.1. The number of alkyl halides is 1. The predicted molar refractivity (Wildman–Crippen MR) is 61.5 cm³/mol. The van der Waals surface area contributed by atoms with Crippen molar-refractivity contribution in [1.82, 2.24) is 5.32 Å². The van der Waals surface area contributed by atoms with Gasteiger partial charge in [-0.1, -0.05) is 34.1 Å². The van der Waals surface area contributed by atoms with E-state index in [1.807, 2.05) is 0 Å². The van der Waals surface area contributed by atoms with Gasteiger partial charge in [0.15, 0.2) is 0 Å². The summed E-state index contributed by atoms with van der Waals surface area (Å²) < 4.78 is 0. The molecule has 0 aliphatic rings. The molecular formula is C11H24ClN. The summed E-state index contributed by atoms with van der Waals surface area (Å²) in [6, 6.07) is 0.552. The second-order valence-corrected chi connectivity index (χ2v) is 5.08. The lowest BCUT2D eigenvalue weighted by atomic mass is 9.85. The van der Waals surface area contributed by atoms with Crippen LogP contribution in [0.15, 0.2) is 0 Å². The Labute approximate surface area is 88.2 Å². The average molecular weight is 206 g/mol. The molecule has 0 spiro atoms. The summed E-state index contributed by atoms with van der Waals surface area (Å²) in [6.07, 6.45) is 3.58. The Morgan fingerprint density at radius 3 is 2.31 bits per heavy atom. The van der Waals surface area contributed by atoms with Gasteiger partial charge in [-0.05, 0) is 24.8 Å². The quantitative estimate of drug-likeness (QED) is 0.518. The summed E-state index contributed by atoms with van der Waals surface area (Å²) in [5.41, 5.74) is 0.322. The third-order valence-electron chi connectivity index (χ3n) is 2.36. The molecule has 1 nitrogen and oxygen atoms in total. The van der Waals surface area contributed by atoms with Gasteiger partial charge in [-0.25, -0.2) is 0 Å². The molecule has 0 saturated heterocycles. The number of nitrogens with one attached hydrogen (secondary N) is 1. The molecule has 0 fully saturated rings. The number of halogens is 1. The predicted octanol–water partition coefficient (Wildman–Crippen LogP) is 3.42. The third-order valence-corrected chi connectivity index (χ3v) is 2.58. The molecule has 2 heteroatoms. The molecule has 0 aromatic heterocycles. The Morgan fingerprint density at radius 1 is 1.31 bits per heavy atom. The number of unbranched alkanes of at least 4 members (excludes halogenated alkanes) is 1. The van der Waals surface area contributed by atoms with Crippen molar-refractivity contribution in [3.63, 3.8) is 0 Å². The zero-order valence-corrected chi connectivity index (χ0v) is 10.2. The first-order valence-corrected chi connectivity index (χ1v) is 5.85. The van der Waals surface area contributed by atoms with Gasteiger partial charge in [0.25, 0.3) is 0 Å². The lowest BCUT2D eigenvalue weighted by molar-refractivity contribution is 0.261. The maximum absolute atomic E-state index is 5.78. The van der Waals surface area contributed by atoms with Crippen LogP contribution in [0.2, 0.25) is 0 Å². The Bertz CT molecular complexity index is 118. The summed E-state index contributed by atoms with van der Waals surface area (Å²) in [7, 11) is 0. The minimum Gasteiger partial charge on any atom is -0.313 e. The Balaban J connectivity index is 3.81. The normalized spacial score (nSPS) is 14.5. The van der Waals surface area contributed by atoms with Gasteiger partial charge in [0.2, 0.25) is 0 Å². The lowest BCUT2D eigenvalue weighted by Gasteiger charge is -2.31. The molecule has 0 heterocycles. The minimum absolute atomic E-state index is 0.322. The smallest absolute Gasteiger partial charge is 0.0238 e.